The van der Waals surface area contributed by atoms with Gasteiger partial charge in [-0.1, -0.05) is 36.8 Å². The topological polar surface area (TPSA) is 43.4 Å². The van der Waals surface area contributed by atoms with E-state index in [2.05, 4.69) is 0 Å². The van der Waals surface area contributed by atoms with Crippen LogP contribution in [0.15, 0.2) is 53.4 Å². The molecule has 3 nitrogen and oxygen atoms in total. The predicted molar refractivity (Wildman–Crippen MR) is 74.8 cm³/mol. The van der Waals surface area contributed by atoms with Gasteiger partial charge in [0.25, 0.3) is 0 Å². The molecule has 19 heavy (non-hydrogen) atoms. The molecule has 2 aromatic carbocycles. The van der Waals surface area contributed by atoms with Gasteiger partial charge in [-0.3, -0.25) is 0 Å². The Morgan fingerprint density at radius 2 is 1.53 bits per heavy atom. The average molecular weight is 276 g/mol. The minimum Gasteiger partial charge on any atom is -0.379 e. The molecule has 4 heteroatoms. The van der Waals surface area contributed by atoms with Gasteiger partial charge in [-0.2, -0.15) is 8.42 Å². The van der Waals surface area contributed by atoms with Gasteiger partial charge in [0.15, 0.2) is 0 Å². The summed E-state index contributed by atoms with van der Waals surface area (Å²) in [6.07, 6.45) is 0.874. The molecule has 0 aromatic heterocycles. The van der Waals surface area contributed by atoms with E-state index in [0.29, 0.717) is 5.75 Å². The summed E-state index contributed by atoms with van der Waals surface area (Å²) in [5.74, 6) is 0.324. The summed E-state index contributed by atoms with van der Waals surface area (Å²) in [7, 11) is -3.75. The predicted octanol–water partition coefficient (Wildman–Crippen LogP) is 3.33. The van der Waals surface area contributed by atoms with Gasteiger partial charge in [0.1, 0.15) is 10.6 Å². The first kappa shape index (κ1) is 13.6. The van der Waals surface area contributed by atoms with Gasteiger partial charge in [0, 0.05) is 0 Å². The third kappa shape index (κ3) is 3.35. The van der Waals surface area contributed by atoms with E-state index < -0.39 is 10.1 Å². The van der Waals surface area contributed by atoms with Gasteiger partial charge < -0.3 is 4.18 Å². The van der Waals surface area contributed by atoms with Crippen LogP contribution < -0.4 is 4.18 Å². The first-order valence-corrected chi connectivity index (χ1v) is 7.52. The third-order valence-corrected chi connectivity index (χ3v) is 4.11. The lowest BCUT2D eigenvalue weighted by Crippen LogP contribution is -2.09. The van der Waals surface area contributed by atoms with Crippen LogP contribution in [0.1, 0.15) is 18.1 Å². The van der Waals surface area contributed by atoms with E-state index in [0.717, 1.165) is 17.5 Å². The van der Waals surface area contributed by atoms with Crippen LogP contribution >= 0.6 is 0 Å². The Hall–Kier alpha value is -1.81. The number of benzene rings is 2. The Balaban J connectivity index is 2.24. The molecule has 0 atom stereocenters. The second kappa shape index (κ2) is 5.45. The quantitative estimate of drug-likeness (QED) is 0.804. The zero-order chi connectivity index (χ0) is 13.9. The Bertz CT molecular complexity index is 641. The molecule has 0 heterocycles. The van der Waals surface area contributed by atoms with E-state index in [1.54, 1.807) is 36.4 Å². The summed E-state index contributed by atoms with van der Waals surface area (Å²) in [5, 5.41) is 0. The number of hydrogen-bond acceptors (Lipinski definition) is 3. The monoisotopic (exact) mass is 276 g/mol. The second-order valence-corrected chi connectivity index (χ2v) is 5.89. The van der Waals surface area contributed by atoms with Crippen molar-refractivity contribution < 1.29 is 12.6 Å². The molecule has 2 aromatic rings. The first-order chi connectivity index (χ1) is 9.01. The highest BCUT2D eigenvalue weighted by Crippen LogP contribution is 2.19. The fourth-order valence-corrected chi connectivity index (χ4v) is 2.59. The Kier molecular flexibility index (Phi) is 3.90. The standard InChI is InChI=1S/C15H16O3S/c1-3-13-6-10-15(11-7-13)19(16,17)18-14-8-4-12(2)5-9-14/h4-11H,3H2,1-2H3. The fourth-order valence-electron chi connectivity index (χ4n) is 1.66. The minimum atomic E-state index is -3.75. The molecule has 0 N–H and O–H groups in total. The van der Waals surface area contributed by atoms with Gasteiger partial charge >= 0.3 is 10.1 Å². The van der Waals surface area contributed by atoms with Crippen molar-refractivity contribution >= 4 is 10.1 Å². The van der Waals surface area contributed by atoms with E-state index >= 15 is 0 Å². The highest BCUT2D eigenvalue weighted by atomic mass is 32.2. The lowest BCUT2D eigenvalue weighted by molar-refractivity contribution is 0.486. The van der Waals surface area contributed by atoms with Gasteiger partial charge in [-0.05, 0) is 43.2 Å². The van der Waals surface area contributed by atoms with Gasteiger partial charge in [0.05, 0.1) is 0 Å². The fraction of sp³-hybridized carbons (Fsp3) is 0.200. The highest BCUT2D eigenvalue weighted by Gasteiger charge is 2.16. The number of aryl methyl sites for hydroxylation is 2. The maximum absolute atomic E-state index is 12.1. The number of rotatable bonds is 4. The zero-order valence-electron chi connectivity index (χ0n) is 11.0. The van der Waals surface area contributed by atoms with Crippen molar-refractivity contribution in [2.45, 2.75) is 25.2 Å². The highest BCUT2D eigenvalue weighted by molar-refractivity contribution is 7.87. The molecule has 0 aliphatic carbocycles. The molecule has 0 aliphatic rings. The van der Waals surface area contributed by atoms with Crippen LogP contribution in [0.3, 0.4) is 0 Å². The first-order valence-electron chi connectivity index (χ1n) is 6.11. The zero-order valence-corrected chi connectivity index (χ0v) is 11.8. The summed E-state index contributed by atoms with van der Waals surface area (Å²) in [4.78, 5) is 0.172. The maximum Gasteiger partial charge on any atom is 0.339 e. The largest absolute Gasteiger partial charge is 0.379 e. The third-order valence-electron chi connectivity index (χ3n) is 2.85. The van der Waals surface area contributed by atoms with E-state index in [9.17, 15) is 8.42 Å². The van der Waals surface area contributed by atoms with Crippen molar-refractivity contribution in [3.8, 4) is 5.75 Å². The van der Waals surface area contributed by atoms with Crippen molar-refractivity contribution in [3.63, 3.8) is 0 Å². The maximum atomic E-state index is 12.1. The molecule has 0 unspecified atom stereocenters. The van der Waals surface area contributed by atoms with Crippen molar-refractivity contribution in [3.05, 3.63) is 59.7 Å². The summed E-state index contributed by atoms with van der Waals surface area (Å²) < 4.78 is 29.2. The molecule has 0 spiro atoms. The van der Waals surface area contributed by atoms with Crippen LogP contribution in [0.2, 0.25) is 0 Å². The molecule has 0 amide bonds. The average Bonchev–Trinajstić information content (AvgIpc) is 2.41. The van der Waals surface area contributed by atoms with E-state index in [1.807, 2.05) is 26.0 Å². The van der Waals surface area contributed by atoms with Crippen LogP contribution in [0.5, 0.6) is 5.75 Å². The van der Waals surface area contributed by atoms with Gasteiger partial charge in [-0.15, -0.1) is 0 Å². The second-order valence-electron chi connectivity index (χ2n) is 4.35. The summed E-state index contributed by atoms with van der Waals surface area (Å²) >= 11 is 0. The molecule has 0 saturated carbocycles. The molecular formula is C15H16O3S. The molecule has 0 aliphatic heterocycles. The molecule has 0 fully saturated rings. The minimum absolute atomic E-state index is 0.172. The van der Waals surface area contributed by atoms with Crippen LogP contribution in [0.25, 0.3) is 0 Å². The summed E-state index contributed by atoms with van der Waals surface area (Å²) in [6, 6.07) is 13.7. The lowest BCUT2D eigenvalue weighted by Gasteiger charge is -2.07. The summed E-state index contributed by atoms with van der Waals surface area (Å²) in [6.45, 7) is 3.95. The van der Waals surface area contributed by atoms with Crippen molar-refractivity contribution in [1.82, 2.24) is 0 Å². The van der Waals surface area contributed by atoms with E-state index in [-0.39, 0.29) is 4.90 Å². The van der Waals surface area contributed by atoms with Crippen LogP contribution in [-0.4, -0.2) is 8.42 Å². The van der Waals surface area contributed by atoms with Gasteiger partial charge in [-0.25, -0.2) is 0 Å². The van der Waals surface area contributed by atoms with Crippen LogP contribution in [-0.2, 0) is 16.5 Å². The van der Waals surface area contributed by atoms with Crippen LogP contribution in [0, 0.1) is 6.92 Å². The lowest BCUT2D eigenvalue weighted by atomic mass is 10.2. The Labute approximate surface area is 114 Å². The smallest absolute Gasteiger partial charge is 0.339 e. The van der Waals surface area contributed by atoms with Crippen LogP contribution in [0.4, 0.5) is 0 Å². The number of hydrogen-bond donors (Lipinski definition) is 0. The Morgan fingerprint density at radius 3 is 2.05 bits per heavy atom. The molecule has 2 rings (SSSR count). The Morgan fingerprint density at radius 1 is 0.947 bits per heavy atom. The van der Waals surface area contributed by atoms with Crippen molar-refractivity contribution in [1.29, 1.82) is 0 Å². The molecule has 0 bridgehead atoms. The van der Waals surface area contributed by atoms with Crippen molar-refractivity contribution in [2.24, 2.45) is 0 Å². The van der Waals surface area contributed by atoms with E-state index in [1.165, 1.54) is 0 Å². The van der Waals surface area contributed by atoms with E-state index in [4.69, 9.17) is 4.18 Å². The normalized spacial score (nSPS) is 11.3. The molecule has 0 radical (unpaired) electrons. The molecular weight excluding hydrogens is 260 g/mol. The molecule has 0 saturated heterocycles. The summed E-state index contributed by atoms with van der Waals surface area (Å²) in [5.41, 5.74) is 2.14. The van der Waals surface area contributed by atoms with Gasteiger partial charge in [0.2, 0.25) is 0 Å². The SMILES string of the molecule is CCc1ccc(S(=O)(=O)Oc2ccc(C)cc2)cc1. The van der Waals surface area contributed by atoms with Crippen molar-refractivity contribution in [2.75, 3.05) is 0 Å². The molecule has 100 valence electrons.